The lowest BCUT2D eigenvalue weighted by Crippen LogP contribution is -2.38. The molecule has 0 aromatic carbocycles. The van der Waals surface area contributed by atoms with E-state index in [9.17, 15) is 4.79 Å². The number of nitrogens with zero attached hydrogens (tertiary/aromatic N) is 1. The van der Waals surface area contributed by atoms with Crippen LogP contribution in [-0.2, 0) is 4.79 Å². The van der Waals surface area contributed by atoms with Gasteiger partial charge < -0.3 is 10.6 Å². The summed E-state index contributed by atoms with van der Waals surface area (Å²) in [7, 11) is 0. The predicted octanol–water partition coefficient (Wildman–Crippen LogP) is 0.592. The predicted molar refractivity (Wildman–Crippen MR) is 48.6 cm³/mol. The van der Waals surface area contributed by atoms with E-state index in [1.807, 2.05) is 4.90 Å². The fourth-order valence-electron chi connectivity index (χ4n) is 1.49. The van der Waals surface area contributed by atoms with Gasteiger partial charge in [0.15, 0.2) is 0 Å². The highest BCUT2D eigenvalue weighted by atomic mass is 16.2. The molecule has 1 heterocycles. The van der Waals surface area contributed by atoms with Gasteiger partial charge in [-0.15, -0.1) is 0 Å². The fraction of sp³-hybridized carbons (Fsp3) is 0.889. The first-order valence-corrected chi connectivity index (χ1v) is 4.44. The summed E-state index contributed by atoms with van der Waals surface area (Å²) in [4.78, 5) is 13.2. The Morgan fingerprint density at radius 2 is 2.17 bits per heavy atom. The lowest BCUT2D eigenvalue weighted by Gasteiger charge is -2.26. The van der Waals surface area contributed by atoms with Crippen LogP contribution in [-0.4, -0.2) is 29.9 Å². The van der Waals surface area contributed by atoms with E-state index >= 15 is 0 Å². The van der Waals surface area contributed by atoms with Gasteiger partial charge in [0.1, 0.15) is 0 Å². The van der Waals surface area contributed by atoms with Gasteiger partial charge in [0.25, 0.3) is 0 Å². The number of carbonyl (C=O) groups excluding carboxylic acids is 1. The summed E-state index contributed by atoms with van der Waals surface area (Å²) in [6, 6.07) is -0.243. The molecule has 0 radical (unpaired) electrons. The molecule has 0 bridgehead atoms. The van der Waals surface area contributed by atoms with Crippen molar-refractivity contribution in [1.82, 2.24) is 4.90 Å². The molecule has 1 aliphatic heterocycles. The maximum atomic E-state index is 11.4. The molecule has 0 aliphatic carbocycles. The normalized spacial score (nSPS) is 25.2. The average molecular weight is 170 g/mol. The Bertz CT molecular complexity index is 183. The van der Waals surface area contributed by atoms with E-state index < -0.39 is 0 Å². The maximum absolute atomic E-state index is 11.4. The van der Waals surface area contributed by atoms with E-state index in [0.717, 1.165) is 19.5 Å². The van der Waals surface area contributed by atoms with Crippen LogP contribution in [0.15, 0.2) is 0 Å². The molecule has 1 amide bonds. The van der Waals surface area contributed by atoms with Crippen LogP contribution in [0.2, 0.25) is 0 Å². The Hall–Kier alpha value is -0.570. The number of nitrogens with two attached hydrogens (primary N) is 1. The summed E-state index contributed by atoms with van der Waals surface area (Å²) < 4.78 is 0. The quantitative estimate of drug-likeness (QED) is 0.626. The molecule has 1 aliphatic rings. The summed E-state index contributed by atoms with van der Waals surface area (Å²) in [5, 5.41) is 0. The zero-order valence-electron chi connectivity index (χ0n) is 8.13. The molecule has 0 aromatic rings. The Labute approximate surface area is 73.9 Å². The van der Waals surface area contributed by atoms with E-state index in [1.165, 1.54) is 0 Å². The molecule has 2 N–H and O–H groups in total. The van der Waals surface area contributed by atoms with Crippen molar-refractivity contribution < 1.29 is 4.79 Å². The van der Waals surface area contributed by atoms with Gasteiger partial charge in [0, 0.05) is 13.1 Å². The topological polar surface area (TPSA) is 46.3 Å². The molecule has 1 atom stereocenters. The first-order chi connectivity index (χ1) is 5.40. The molecule has 0 spiro atoms. The summed E-state index contributed by atoms with van der Waals surface area (Å²) in [5.74, 6) is 0.116. The minimum atomic E-state index is -0.243. The van der Waals surface area contributed by atoms with Crippen molar-refractivity contribution in [1.29, 1.82) is 0 Å². The van der Waals surface area contributed by atoms with E-state index in [4.69, 9.17) is 5.73 Å². The summed E-state index contributed by atoms with van der Waals surface area (Å²) in [6.45, 7) is 8.04. The number of amides is 1. The highest BCUT2D eigenvalue weighted by molar-refractivity contribution is 5.83. The smallest absolute Gasteiger partial charge is 0.239 e. The molecule has 3 nitrogen and oxygen atoms in total. The molecule has 1 unspecified atom stereocenters. The van der Waals surface area contributed by atoms with Gasteiger partial charge >= 0.3 is 0 Å². The molecule has 12 heavy (non-hydrogen) atoms. The van der Waals surface area contributed by atoms with Crippen LogP contribution in [0.3, 0.4) is 0 Å². The zero-order valence-corrected chi connectivity index (χ0v) is 8.13. The summed E-state index contributed by atoms with van der Waals surface area (Å²) in [5.41, 5.74) is 5.78. The van der Waals surface area contributed by atoms with E-state index in [1.54, 1.807) is 0 Å². The van der Waals surface area contributed by atoms with Crippen LogP contribution in [0.4, 0.5) is 0 Å². The van der Waals surface area contributed by atoms with E-state index in [2.05, 4.69) is 20.8 Å². The number of likely N-dealkylation sites (tertiary alicyclic amines) is 1. The van der Waals surface area contributed by atoms with E-state index in [0.29, 0.717) is 0 Å². The summed E-state index contributed by atoms with van der Waals surface area (Å²) >= 11 is 0. The fourth-order valence-corrected chi connectivity index (χ4v) is 1.49. The standard InChI is InChI=1S/C9H18N2O/c1-9(2,3)6-11-5-4-7(10)8(11)12/h7H,4-6,10H2,1-3H3. The third-order valence-electron chi connectivity index (χ3n) is 2.00. The van der Waals surface area contributed by atoms with Gasteiger partial charge in [-0.25, -0.2) is 0 Å². The number of hydrogen-bond acceptors (Lipinski definition) is 2. The highest BCUT2D eigenvalue weighted by Crippen LogP contribution is 2.19. The minimum Gasteiger partial charge on any atom is -0.341 e. The van der Waals surface area contributed by atoms with Crippen LogP contribution in [0.25, 0.3) is 0 Å². The number of rotatable bonds is 1. The number of hydrogen-bond donors (Lipinski definition) is 1. The van der Waals surface area contributed by atoms with Crippen LogP contribution < -0.4 is 5.73 Å². The van der Waals surface area contributed by atoms with Gasteiger partial charge in [-0.3, -0.25) is 4.79 Å². The van der Waals surface area contributed by atoms with Gasteiger partial charge in [-0.2, -0.15) is 0 Å². The van der Waals surface area contributed by atoms with E-state index in [-0.39, 0.29) is 17.4 Å². The number of carbonyl (C=O) groups is 1. The Kier molecular flexibility index (Phi) is 2.42. The molecular formula is C9H18N2O. The second-order valence-corrected chi connectivity index (χ2v) is 4.72. The Balaban J connectivity index is 2.50. The molecule has 0 aromatic heterocycles. The highest BCUT2D eigenvalue weighted by Gasteiger charge is 2.30. The third-order valence-corrected chi connectivity index (χ3v) is 2.00. The van der Waals surface area contributed by atoms with Crippen molar-refractivity contribution in [3.8, 4) is 0 Å². The largest absolute Gasteiger partial charge is 0.341 e. The van der Waals surface area contributed by atoms with Gasteiger partial charge in [0.2, 0.25) is 5.91 Å². The monoisotopic (exact) mass is 170 g/mol. The van der Waals surface area contributed by atoms with Crippen molar-refractivity contribution in [3.05, 3.63) is 0 Å². The van der Waals surface area contributed by atoms with Gasteiger partial charge in [-0.05, 0) is 11.8 Å². The third kappa shape index (κ3) is 2.21. The first-order valence-electron chi connectivity index (χ1n) is 4.44. The maximum Gasteiger partial charge on any atom is 0.239 e. The second kappa shape index (κ2) is 3.05. The van der Waals surface area contributed by atoms with Crippen molar-refractivity contribution in [2.45, 2.75) is 33.2 Å². The average Bonchev–Trinajstić information content (AvgIpc) is 2.16. The molecular weight excluding hydrogens is 152 g/mol. The van der Waals surface area contributed by atoms with Crippen molar-refractivity contribution in [2.75, 3.05) is 13.1 Å². The lowest BCUT2D eigenvalue weighted by molar-refractivity contribution is -0.129. The first kappa shape index (κ1) is 9.52. The molecule has 1 fully saturated rings. The Morgan fingerprint density at radius 1 is 1.58 bits per heavy atom. The second-order valence-electron chi connectivity index (χ2n) is 4.72. The zero-order chi connectivity index (χ0) is 9.35. The van der Waals surface area contributed by atoms with Crippen molar-refractivity contribution in [2.24, 2.45) is 11.1 Å². The van der Waals surface area contributed by atoms with Crippen molar-refractivity contribution in [3.63, 3.8) is 0 Å². The van der Waals surface area contributed by atoms with Crippen LogP contribution in [0, 0.1) is 5.41 Å². The SMILES string of the molecule is CC(C)(C)CN1CCC(N)C1=O. The Morgan fingerprint density at radius 3 is 2.50 bits per heavy atom. The van der Waals surface area contributed by atoms with Gasteiger partial charge in [-0.1, -0.05) is 20.8 Å². The van der Waals surface area contributed by atoms with Crippen LogP contribution >= 0.6 is 0 Å². The molecule has 70 valence electrons. The molecule has 3 heteroatoms. The minimum absolute atomic E-state index is 0.116. The molecule has 1 saturated heterocycles. The summed E-state index contributed by atoms with van der Waals surface area (Å²) in [6.07, 6.45) is 0.814. The van der Waals surface area contributed by atoms with Crippen LogP contribution in [0.5, 0.6) is 0 Å². The molecule has 1 rings (SSSR count). The lowest BCUT2D eigenvalue weighted by atomic mass is 9.96. The van der Waals surface area contributed by atoms with Gasteiger partial charge in [0.05, 0.1) is 6.04 Å². The van der Waals surface area contributed by atoms with Crippen LogP contribution in [0.1, 0.15) is 27.2 Å². The van der Waals surface area contributed by atoms with Crippen molar-refractivity contribution >= 4 is 5.91 Å². The molecule has 0 saturated carbocycles.